The predicted octanol–water partition coefficient (Wildman–Crippen LogP) is 2.37. The van der Waals surface area contributed by atoms with Crippen LogP contribution in [0.3, 0.4) is 0 Å². The fourth-order valence-electron chi connectivity index (χ4n) is 1.21. The first kappa shape index (κ1) is 12.6. The monoisotopic (exact) mass is 282 g/mol. The van der Waals surface area contributed by atoms with E-state index < -0.39 is 0 Å². The fraction of sp³-hybridized carbons (Fsp3) is 0. The second kappa shape index (κ2) is 5.66. The van der Waals surface area contributed by atoms with E-state index >= 15 is 0 Å². The average Bonchev–Trinajstić information content (AvgIpc) is 2.83. The zero-order valence-electron chi connectivity index (χ0n) is 9.05. The van der Waals surface area contributed by atoms with E-state index in [2.05, 4.69) is 15.6 Å². The molecule has 0 aliphatic heterocycles. The van der Waals surface area contributed by atoms with Crippen LogP contribution in [0.1, 0.15) is 5.56 Å². The van der Waals surface area contributed by atoms with E-state index in [1.54, 1.807) is 24.3 Å². The van der Waals surface area contributed by atoms with E-state index in [1.807, 2.05) is 0 Å². The number of benzene rings is 1. The number of halogens is 2. The number of hydrogen-bond acceptors (Lipinski definition) is 3. The molecule has 2 rings (SSSR count). The topological polar surface area (TPSA) is 59.8 Å². The molecule has 0 bridgehead atoms. The summed E-state index contributed by atoms with van der Waals surface area (Å²) in [5, 5.41) is 8.03. The Balaban J connectivity index is 2.01. The molecule has 0 spiro atoms. The summed E-state index contributed by atoms with van der Waals surface area (Å²) in [7, 11) is 0. The summed E-state index contributed by atoms with van der Waals surface area (Å²) in [4.78, 5) is 11.5. The first-order valence-corrected chi connectivity index (χ1v) is 5.69. The summed E-state index contributed by atoms with van der Waals surface area (Å²) >= 11 is 11.6. The van der Waals surface area contributed by atoms with Gasteiger partial charge < -0.3 is 0 Å². The van der Waals surface area contributed by atoms with Crippen molar-refractivity contribution >= 4 is 35.2 Å². The van der Waals surface area contributed by atoms with Crippen LogP contribution in [0.15, 0.2) is 36.9 Å². The van der Waals surface area contributed by atoms with Gasteiger partial charge in [-0.1, -0.05) is 29.3 Å². The van der Waals surface area contributed by atoms with Crippen molar-refractivity contribution in [2.24, 2.45) is 0 Å². The van der Waals surface area contributed by atoms with Crippen LogP contribution in [-0.4, -0.2) is 20.8 Å². The average molecular weight is 283 g/mol. The molecule has 2 aromatic rings. The van der Waals surface area contributed by atoms with Crippen LogP contribution in [0, 0.1) is 0 Å². The van der Waals surface area contributed by atoms with Crippen LogP contribution < -0.4 is 5.43 Å². The Bertz CT molecular complexity index is 581. The van der Waals surface area contributed by atoms with Gasteiger partial charge in [-0.3, -0.25) is 10.2 Å². The molecule has 1 aromatic carbocycles. The molecule has 0 saturated heterocycles. The van der Waals surface area contributed by atoms with Crippen LogP contribution in [0.4, 0.5) is 0 Å². The largest absolute Gasteiger partial charge is 0.268 e. The van der Waals surface area contributed by atoms with Gasteiger partial charge in [0.25, 0.3) is 5.91 Å². The normalized spacial score (nSPS) is 10.8. The summed E-state index contributed by atoms with van der Waals surface area (Å²) in [5.41, 5.74) is 3.31. The molecule has 1 heterocycles. The Morgan fingerprint density at radius 3 is 2.61 bits per heavy atom. The molecule has 1 N–H and O–H groups in total. The molecule has 0 radical (unpaired) electrons. The van der Waals surface area contributed by atoms with Gasteiger partial charge in [0.1, 0.15) is 12.7 Å². The lowest BCUT2D eigenvalue weighted by Gasteiger charge is -2.00. The maximum Gasteiger partial charge on any atom is 0.262 e. The Kier molecular flexibility index (Phi) is 3.96. The molecule has 1 amide bonds. The maximum atomic E-state index is 11.5. The second-order valence-corrected chi connectivity index (χ2v) is 4.17. The number of amides is 1. The lowest BCUT2D eigenvalue weighted by molar-refractivity contribution is -0.112. The molecule has 0 saturated carbocycles. The number of nitrogens with zero attached hydrogens (tertiary/aromatic N) is 3. The number of carbonyl (C=O) groups is 1. The fourth-order valence-corrected chi connectivity index (χ4v) is 1.52. The first-order chi connectivity index (χ1) is 8.65. The van der Waals surface area contributed by atoms with Gasteiger partial charge in [-0.05, 0) is 23.8 Å². The SMILES string of the molecule is O=C(/C=C/c1ccc(Cl)c(Cl)c1)Nn1cnnc1. The highest BCUT2D eigenvalue weighted by molar-refractivity contribution is 6.42. The van der Waals surface area contributed by atoms with Crippen molar-refractivity contribution < 1.29 is 4.79 Å². The van der Waals surface area contributed by atoms with Crippen molar-refractivity contribution in [1.29, 1.82) is 0 Å². The summed E-state index contributed by atoms with van der Waals surface area (Å²) in [6.07, 6.45) is 5.76. The third-order valence-electron chi connectivity index (χ3n) is 2.03. The van der Waals surface area contributed by atoms with E-state index in [0.29, 0.717) is 10.0 Å². The minimum atomic E-state index is -0.305. The number of hydrogen-bond donors (Lipinski definition) is 1. The number of carbonyl (C=O) groups excluding carboxylic acids is 1. The van der Waals surface area contributed by atoms with Crippen molar-refractivity contribution in [2.45, 2.75) is 0 Å². The molecular formula is C11H8Cl2N4O. The minimum absolute atomic E-state index is 0.305. The molecule has 1 aromatic heterocycles. The van der Waals surface area contributed by atoms with Crippen molar-refractivity contribution in [2.75, 3.05) is 5.43 Å². The molecule has 7 heteroatoms. The molecule has 92 valence electrons. The van der Waals surface area contributed by atoms with Gasteiger partial charge in [-0.2, -0.15) is 0 Å². The first-order valence-electron chi connectivity index (χ1n) is 4.94. The van der Waals surface area contributed by atoms with Gasteiger partial charge >= 0.3 is 0 Å². The van der Waals surface area contributed by atoms with Crippen molar-refractivity contribution in [3.8, 4) is 0 Å². The lowest BCUT2D eigenvalue weighted by atomic mass is 10.2. The van der Waals surface area contributed by atoms with Crippen LogP contribution in [0.5, 0.6) is 0 Å². The van der Waals surface area contributed by atoms with Gasteiger partial charge in [0.15, 0.2) is 0 Å². The van der Waals surface area contributed by atoms with E-state index in [1.165, 1.54) is 23.4 Å². The highest BCUT2D eigenvalue weighted by Gasteiger charge is 1.99. The number of aromatic nitrogens is 3. The third-order valence-corrected chi connectivity index (χ3v) is 2.77. The van der Waals surface area contributed by atoms with Crippen molar-refractivity contribution in [3.63, 3.8) is 0 Å². The summed E-state index contributed by atoms with van der Waals surface area (Å²) < 4.78 is 1.35. The molecule has 0 atom stereocenters. The van der Waals surface area contributed by atoms with Crippen LogP contribution in [0.2, 0.25) is 10.0 Å². The Morgan fingerprint density at radius 2 is 1.94 bits per heavy atom. The summed E-state index contributed by atoms with van der Waals surface area (Å²) in [5.74, 6) is -0.305. The quantitative estimate of drug-likeness (QED) is 0.880. The minimum Gasteiger partial charge on any atom is -0.268 e. The molecule has 0 fully saturated rings. The molecule has 0 aliphatic carbocycles. The van der Waals surface area contributed by atoms with Gasteiger partial charge in [0, 0.05) is 6.08 Å². The highest BCUT2D eigenvalue weighted by atomic mass is 35.5. The zero-order valence-corrected chi connectivity index (χ0v) is 10.6. The molecule has 0 aliphatic rings. The molecule has 5 nitrogen and oxygen atoms in total. The Labute approximate surface area is 113 Å². The standard InChI is InChI=1S/C11H8Cl2N4O/c12-9-3-1-8(5-10(9)13)2-4-11(18)16-17-6-14-15-7-17/h1-7H,(H,16,18)/b4-2+. The van der Waals surface area contributed by atoms with Gasteiger partial charge in [-0.15, -0.1) is 10.2 Å². The van der Waals surface area contributed by atoms with Gasteiger partial charge in [0.2, 0.25) is 0 Å². The molecule has 0 unspecified atom stereocenters. The summed E-state index contributed by atoms with van der Waals surface area (Å²) in [6.45, 7) is 0. The lowest BCUT2D eigenvalue weighted by Crippen LogP contribution is -2.18. The number of rotatable bonds is 3. The van der Waals surface area contributed by atoms with E-state index in [4.69, 9.17) is 23.2 Å². The van der Waals surface area contributed by atoms with Crippen LogP contribution in [0.25, 0.3) is 6.08 Å². The molecular weight excluding hydrogens is 275 g/mol. The van der Waals surface area contributed by atoms with Gasteiger partial charge in [0.05, 0.1) is 10.0 Å². The Morgan fingerprint density at radius 1 is 1.22 bits per heavy atom. The van der Waals surface area contributed by atoms with E-state index in [-0.39, 0.29) is 5.91 Å². The second-order valence-electron chi connectivity index (χ2n) is 3.35. The van der Waals surface area contributed by atoms with Crippen LogP contribution >= 0.6 is 23.2 Å². The maximum absolute atomic E-state index is 11.5. The number of nitrogens with one attached hydrogen (secondary N) is 1. The van der Waals surface area contributed by atoms with Crippen LogP contribution in [-0.2, 0) is 4.79 Å². The van der Waals surface area contributed by atoms with Gasteiger partial charge in [-0.25, -0.2) is 4.68 Å². The van der Waals surface area contributed by atoms with Crippen molar-refractivity contribution in [1.82, 2.24) is 14.9 Å². The summed E-state index contributed by atoms with van der Waals surface area (Å²) in [6, 6.07) is 5.10. The zero-order chi connectivity index (χ0) is 13.0. The predicted molar refractivity (Wildman–Crippen MR) is 69.9 cm³/mol. The van der Waals surface area contributed by atoms with E-state index in [9.17, 15) is 4.79 Å². The van der Waals surface area contributed by atoms with Crippen molar-refractivity contribution in [3.05, 3.63) is 52.5 Å². The van der Waals surface area contributed by atoms with E-state index in [0.717, 1.165) is 5.56 Å². The smallest absolute Gasteiger partial charge is 0.262 e. The highest BCUT2D eigenvalue weighted by Crippen LogP contribution is 2.22. The third kappa shape index (κ3) is 3.32. The molecule has 18 heavy (non-hydrogen) atoms. The Hall–Kier alpha value is -1.85.